The van der Waals surface area contributed by atoms with Gasteiger partial charge in [0, 0.05) is 22.4 Å². The zero-order valence-corrected chi connectivity index (χ0v) is 17.4. The van der Waals surface area contributed by atoms with Crippen molar-refractivity contribution in [2.75, 3.05) is 0 Å². The van der Waals surface area contributed by atoms with Crippen molar-refractivity contribution in [1.82, 2.24) is 5.32 Å². The van der Waals surface area contributed by atoms with Gasteiger partial charge in [0.05, 0.1) is 12.0 Å². The first-order chi connectivity index (χ1) is 13.9. The molecule has 2 atom stereocenters. The molecule has 150 valence electrons. The van der Waals surface area contributed by atoms with E-state index in [2.05, 4.69) is 5.32 Å². The molecule has 1 saturated carbocycles. The molecule has 1 amide bonds. The molecule has 1 N–H and O–H groups in total. The van der Waals surface area contributed by atoms with Gasteiger partial charge in [-0.05, 0) is 69.0 Å². The minimum Gasteiger partial charge on any atom is -0.487 e. The van der Waals surface area contributed by atoms with Gasteiger partial charge in [0.2, 0.25) is 5.91 Å². The lowest BCUT2D eigenvalue weighted by Gasteiger charge is -2.48. The van der Waals surface area contributed by atoms with Crippen LogP contribution in [0.15, 0.2) is 46.9 Å². The van der Waals surface area contributed by atoms with Gasteiger partial charge in [-0.25, -0.2) is 0 Å². The molecule has 0 radical (unpaired) electrons. The number of furan rings is 1. The van der Waals surface area contributed by atoms with E-state index >= 15 is 0 Å². The van der Waals surface area contributed by atoms with Gasteiger partial charge in [-0.3, -0.25) is 4.79 Å². The summed E-state index contributed by atoms with van der Waals surface area (Å²) in [6.45, 7) is 3.87. The summed E-state index contributed by atoms with van der Waals surface area (Å²) in [5.41, 5.74) is 2.61. The summed E-state index contributed by atoms with van der Waals surface area (Å²) >= 11 is 6.24. The van der Waals surface area contributed by atoms with Crippen LogP contribution in [0.2, 0.25) is 5.02 Å². The fourth-order valence-electron chi connectivity index (χ4n) is 4.67. The second kappa shape index (κ2) is 6.81. The third-order valence-corrected chi connectivity index (χ3v) is 6.64. The van der Waals surface area contributed by atoms with Gasteiger partial charge in [-0.1, -0.05) is 23.7 Å². The molecule has 1 fully saturated rings. The molecule has 2 unspecified atom stereocenters. The largest absolute Gasteiger partial charge is 0.487 e. The normalized spacial score (nSPS) is 20.6. The summed E-state index contributed by atoms with van der Waals surface area (Å²) in [6, 6.07) is 13.5. The van der Waals surface area contributed by atoms with E-state index in [-0.39, 0.29) is 23.5 Å². The Hall–Kier alpha value is -2.46. The third kappa shape index (κ3) is 3.20. The van der Waals surface area contributed by atoms with Crippen LogP contribution >= 0.6 is 11.6 Å². The lowest BCUT2D eigenvalue weighted by atomic mass is 9.73. The second-order valence-corrected chi connectivity index (χ2v) is 8.86. The smallest absolute Gasteiger partial charge is 0.227 e. The number of rotatable bonds is 3. The number of nitrogens with one attached hydrogen (secondary N) is 1. The quantitative estimate of drug-likeness (QED) is 0.571. The monoisotopic (exact) mass is 409 g/mol. The van der Waals surface area contributed by atoms with Crippen LogP contribution in [-0.4, -0.2) is 11.5 Å². The zero-order valence-electron chi connectivity index (χ0n) is 16.6. The first kappa shape index (κ1) is 18.6. The minimum absolute atomic E-state index is 0.00338. The Bertz CT molecular complexity index is 1100. The average Bonchev–Trinajstić information content (AvgIpc) is 3.06. The minimum atomic E-state index is -0.293. The van der Waals surface area contributed by atoms with Gasteiger partial charge in [-0.2, -0.15) is 0 Å². The number of aryl methyl sites for hydroxylation is 1. The molecular weight excluding hydrogens is 386 g/mol. The van der Waals surface area contributed by atoms with E-state index in [4.69, 9.17) is 20.8 Å². The van der Waals surface area contributed by atoms with Crippen molar-refractivity contribution < 1.29 is 13.9 Å². The summed E-state index contributed by atoms with van der Waals surface area (Å²) in [6.07, 6.45) is 4.02. The highest BCUT2D eigenvalue weighted by atomic mass is 35.5. The standard InChI is InChI=1S/C24H24ClNO3/c1-14-11-18-17(5-3-6-21(18)28-14)15(2)23(27)26-20-13-24(9-4-10-24)29-22-8-7-16(25)12-19(20)22/h3,5-8,11-12,15,20H,4,9-10,13H2,1-2H3,(H,26,27). The van der Waals surface area contributed by atoms with Crippen molar-refractivity contribution >= 4 is 28.5 Å². The number of carbonyl (C=O) groups excluding carboxylic acids is 1. The summed E-state index contributed by atoms with van der Waals surface area (Å²) in [7, 11) is 0. The number of hydrogen-bond donors (Lipinski definition) is 1. The van der Waals surface area contributed by atoms with E-state index < -0.39 is 0 Å². The number of halogens is 1. The molecule has 1 aliphatic heterocycles. The molecule has 0 saturated heterocycles. The molecule has 4 nitrogen and oxygen atoms in total. The van der Waals surface area contributed by atoms with E-state index in [1.807, 2.05) is 56.3 Å². The Labute approximate surface area is 175 Å². The SMILES string of the molecule is Cc1cc2c(C(C)C(=O)NC3CC4(CCC4)Oc4ccc(Cl)cc43)cccc2o1. The molecule has 2 aliphatic rings. The van der Waals surface area contributed by atoms with Crippen molar-refractivity contribution in [3.8, 4) is 5.75 Å². The Kier molecular flexibility index (Phi) is 4.36. The molecule has 29 heavy (non-hydrogen) atoms. The van der Waals surface area contributed by atoms with Crippen LogP contribution in [0.4, 0.5) is 0 Å². The molecule has 2 heterocycles. The Morgan fingerprint density at radius 3 is 2.83 bits per heavy atom. The van der Waals surface area contributed by atoms with Crippen LogP contribution in [-0.2, 0) is 4.79 Å². The molecule has 1 aliphatic carbocycles. The first-order valence-electron chi connectivity index (χ1n) is 10.2. The molecule has 3 aromatic rings. The maximum Gasteiger partial charge on any atom is 0.227 e. The Balaban J connectivity index is 1.44. The van der Waals surface area contributed by atoms with Crippen LogP contribution in [0, 0.1) is 6.92 Å². The number of ether oxygens (including phenoxy) is 1. The van der Waals surface area contributed by atoms with Gasteiger partial charge < -0.3 is 14.5 Å². The predicted molar refractivity (Wildman–Crippen MR) is 114 cm³/mol. The molecule has 5 heteroatoms. The molecule has 2 aromatic carbocycles. The summed E-state index contributed by atoms with van der Waals surface area (Å²) in [4.78, 5) is 13.3. The predicted octanol–water partition coefficient (Wildman–Crippen LogP) is 6.06. The molecular formula is C24H24ClNO3. The van der Waals surface area contributed by atoms with Crippen LogP contribution in [0.25, 0.3) is 11.0 Å². The second-order valence-electron chi connectivity index (χ2n) is 8.42. The van der Waals surface area contributed by atoms with Crippen molar-refractivity contribution in [1.29, 1.82) is 0 Å². The molecule has 1 aromatic heterocycles. The first-order valence-corrected chi connectivity index (χ1v) is 10.6. The van der Waals surface area contributed by atoms with Gasteiger partial charge >= 0.3 is 0 Å². The number of amides is 1. The summed E-state index contributed by atoms with van der Waals surface area (Å²) in [5, 5.41) is 4.94. The summed E-state index contributed by atoms with van der Waals surface area (Å²) in [5.74, 6) is 1.40. The fourth-order valence-corrected chi connectivity index (χ4v) is 4.85. The van der Waals surface area contributed by atoms with Gasteiger partial charge in [0.25, 0.3) is 0 Å². The van der Waals surface area contributed by atoms with Crippen molar-refractivity contribution in [3.63, 3.8) is 0 Å². The number of fused-ring (bicyclic) bond motifs is 2. The summed E-state index contributed by atoms with van der Waals surface area (Å²) < 4.78 is 12.0. The van der Waals surface area contributed by atoms with Crippen molar-refractivity contribution in [3.05, 3.63) is 64.4 Å². The van der Waals surface area contributed by atoms with Gasteiger partial charge in [-0.15, -0.1) is 0 Å². The molecule has 5 rings (SSSR count). The zero-order chi connectivity index (χ0) is 20.2. The van der Waals surface area contributed by atoms with E-state index in [1.165, 1.54) is 6.42 Å². The van der Waals surface area contributed by atoms with Crippen LogP contribution < -0.4 is 10.1 Å². The van der Waals surface area contributed by atoms with Crippen LogP contribution in [0.5, 0.6) is 5.75 Å². The van der Waals surface area contributed by atoms with E-state index in [0.29, 0.717) is 5.02 Å². The Morgan fingerprint density at radius 2 is 2.07 bits per heavy atom. The van der Waals surface area contributed by atoms with E-state index in [1.54, 1.807) is 0 Å². The number of carbonyl (C=O) groups is 1. The number of hydrogen-bond acceptors (Lipinski definition) is 3. The Morgan fingerprint density at radius 1 is 1.24 bits per heavy atom. The third-order valence-electron chi connectivity index (χ3n) is 6.41. The maximum absolute atomic E-state index is 13.3. The van der Waals surface area contributed by atoms with Crippen molar-refractivity contribution in [2.24, 2.45) is 0 Å². The van der Waals surface area contributed by atoms with Gasteiger partial charge in [0.1, 0.15) is 22.7 Å². The molecule has 1 spiro atoms. The average molecular weight is 410 g/mol. The highest BCUT2D eigenvalue weighted by Crippen LogP contribution is 2.49. The molecule has 0 bridgehead atoms. The van der Waals surface area contributed by atoms with E-state index in [0.717, 1.165) is 52.9 Å². The fraction of sp³-hybridized carbons (Fsp3) is 0.375. The topological polar surface area (TPSA) is 51.5 Å². The maximum atomic E-state index is 13.3. The lowest BCUT2D eigenvalue weighted by Crippen LogP contribution is -2.50. The number of benzene rings is 2. The van der Waals surface area contributed by atoms with Crippen molar-refractivity contribution in [2.45, 2.75) is 57.1 Å². The van der Waals surface area contributed by atoms with Gasteiger partial charge in [0.15, 0.2) is 0 Å². The van der Waals surface area contributed by atoms with E-state index in [9.17, 15) is 4.79 Å². The van der Waals surface area contributed by atoms with Crippen LogP contribution in [0.3, 0.4) is 0 Å². The van der Waals surface area contributed by atoms with Crippen LogP contribution in [0.1, 0.15) is 61.5 Å². The highest BCUT2D eigenvalue weighted by Gasteiger charge is 2.46. The highest BCUT2D eigenvalue weighted by molar-refractivity contribution is 6.30. The lowest BCUT2D eigenvalue weighted by molar-refractivity contribution is -0.124.